The summed E-state index contributed by atoms with van der Waals surface area (Å²) in [6, 6.07) is 12.9. The van der Waals surface area contributed by atoms with Crippen molar-refractivity contribution in [2.45, 2.75) is 18.4 Å². The largest absolute Gasteiger partial charge is 0.449 e. The van der Waals surface area contributed by atoms with Gasteiger partial charge in [-0.1, -0.05) is 30.3 Å². The predicted molar refractivity (Wildman–Crippen MR) is 81.4 cm³/mol. The van der Waals surface area contributed by atoms with Gasteiger partial charge in [0.05, 0.1) is 0 Å². The topological polar surface area (TPSA) is 76.5 Å². The van der Waals surface area contributed by atoms with Gasteiger partial charge in [-0.3, -0.25) is 0 Å². The Bertz CT molecular complexity index is 665. The van der Waals surface area contributed by atoms with E-state index in [-0.39, 0.29) is 18.2 Å². The summed E-state index contributed by atoms with van der Waals surface area (Å²) in [6.45, 7) is 2.64. The molecule has 0 unspecified atom stereocenters. The standard InChI is InChI=1S/C15H20N2O3S/c1-13-7-8-15(20-13)21(18,19)17(12-10-16)11-9-14-5-3-2-4-6-14/h2-8H,9-12,16H2,1H3. The maximum atomic E-state index is 12.5. The zero-order valence-corrected chi connectivity index (χ0v) is 12.8. The van der Waals surface area contributed by atoms with Crippen LogP contribution in [-0.4, -0.2) is 32.4 Å². The van der Waals surface area contributed by atoms with Crippen molar-refractivity contribution in [3.63, 3.8) is 0 Å². The lowest BCUT2D eigenvalue weighted by Gasteiger charge is -2.20. The highest BCUT2D eigenvalue weighted by atomic mass is 32.2. The third-order valence-corrected chi connectivity index (χ3v) is 4.95. The molecule has 0 aliphatic heterocycles. The van der Waals surface area contributed by atoms with Gasteiger partial charge in [-0.05, 0) is 31.0 Å². The Kier molecular flexibility index (Phi) is 5.17. The smallest absolute Gasteiger partial charge is 0.276 e. The fourth-order valence-corrected chi connectivity index (χ4v) is 3.48. The Hall–Kier alpha value is -1.63. The summed E-state index contributed by atoms with van der Waals surface area (Å²) in [6.07, 6.45) is 0.639. The monoisotopic (exact) mass is 308 g/mol. The number of hydrogen-bond acceptors (Lipinski definition) is 4. The maximum absolute atomic E-state index is 12.5. The second kappa shape index (κ2) is 6.89. The second-order valence-corrected chi connectivity index (χ2v) is 6.66. The lowest BCUT2D eigenvalue weighted by atomic mass is 10.1. The van der Waals surface area contributed by atoms with Gasteiger partial charge in [-0.15, -0.1) is 0 Å². The third-order valence-electron chi connectivity index (χ3n) is 3.18. The first-order valence-corrected chi connectivity index (χ1v) is 8.28. The molecule has 0 aliphatic carbocycles. The van der Waals surface area contributed by atoms with Crippen molar-refractivity contribution in [1.82, 2.24) is 4.31 Å². The number of rotatable bonds is 7. The zero-order chi connectivity index (χ0) is 15.3. The molecule has 0 saturated carbocycles. The Balaban J connectivity index is 2.14. The van der Waals surface area contributed by atoms with E-state index in [1.165, 1.54) is 10.4 Å². The Morgan fingerprint density at radius 3 is 2.38 bits per heavy atom. The van der Waals surface area contributed by atoms with Crippen molar-refractivity contribution in [1.29, 1.82) is 0 Å². The van der Waals surface area contributed by atoms with Crippen molar-refractivity contribution in [3.05, 3.63) is 53.8 Å². The summed E-state index contributed by atoms with van der Waals surface area (Å²) in [7, 11) is -3.63. The molecule has 1 aromatic heterocycles. The Morgan fingerprint density at radius 2 is 1.81 bits per heavy atom. The first kappa shape index (κ1) is 15.8. The van der Waals surface area contributed by atoms with Crippen LogP contribution in [-0.2, 0) is 16.4 Å². The number of nitrogens with two attached hydrogens (primary N) is 1. The van der Waals surface area contributed by atoms with Gasteiger partial charge in [0.15, 0.2) is 0 Å². The molecule has 5 nitrogen and oxygen atoms in total. The van der Waals surface area contributed by atoms with Gasteiger partial charge in [0.2, 0.25) is 5.09 Å². The van der Waals surface area contributed by atoms with Crippen LogP contribution in [0, 0.1) is 6.92 Å². The van der Waals surface area contributed by atoms with Gasteiger partial charge in [0.25, 0.3) is 10.0 Å². The molecule has 0 fully saturated rings. The maximum Gasteiger partial charge on any atom is 0.276 e. The minimum atomic E-state index is -3.63. The summed E-state index contributed by atoms with van der Waals surface area (Å²) in [5, 5.41) is -0.0264. The normalized spacial score (nSPS) is 12.0. The first-order valence-electron chi connectivity index (χ1n) is 6.84. The van der Waals surface area contributed by atoms with Crippen LogP contribution in [0.4, 0.5) is 0 Å². The molecule has 1 aromatic carbocycles. The highest BCUT2D eigenvalue weighted by Gasteiger charge is 2.26. The van der Waals surface area contributed by atoms with E-state index in [2.05, 4.69) is 0 Å². The summed E-state index contributed by atoms with van der Waals surface area (Å²) >= 11 is 0. The van der Waals surface area contributed by atoms with Crippen molar-refractivity contribution in [3.8, 4) is 0 Å². The number of nitrogens with zero attached hydrogens (tertiary/aromatic N) is 1. The van der Waals surface area contributed by atoms with Gasteiger partial charge >= 0.3 is 0 Å². The Morgan fingerprint density at radius 1 is 1.10 bits per heavy atom. The molecule has 1 heterocycles. The summed E-state index contributed by atoms with van der Waals surface area (Å²) in [5.41, 5.74) is 6.63. The fourth-order valence-electron chi connectivity index (χ4n) is 2.07. The van der Waals surface area contributed by atoms with E-state index in [1.54, 1.807) is 13.0 Å². The van der Waals surface area contributed by atoms with Crippen molar-refractivity contribution in [2.75, 3.05) is 19.6 Å². The fraction of sp³-hybridized carbons (Fsp3) is 0.333. The molecule has 0 atom stereocenters. The summed E-state index contributed by atoms with van der Waals surface area (Å²) in [4.78, 5) is 0. The molecule has 114 valence electrons. The van der Waals surface area contributed by atoms with Gasteiger partial charge in [0, 0.05) is 19.6 Å². The van der Waals surface area contributed by atoms with E-state index in [0.29, 0.717) is 18.7 Å². The molecule has 6 heteroatoms. The Labute approximate surface area is 125 Å². The molecule has 0 aliphatic rings. The molecule has 0 amide bonds. The second-order valence-electron chi connectivity index (χ2n) is 4.79. The van der Waals surface area contributed by atoms with E-state index in [1.807, 2.05) is 30.3 Å². The number of furan rings is 1. The van der Waals surface area contributed by atoms with Crippen LogP contribution >= 0.6 is 0 Å². The minimum absolute atomic E-state index is 0.0264. The quantitative estimate of drug-likeness (QED) is 0.846. The van der Waals surface area contributed by atoms with Gasteiger partial charge in [-0.2, -0.15) is 4.31 Å². The predicted octanol–water partition coefficient (Wildman–Crippen LogP) is 1.78. The average Bonchev–Trinajstić information content (AvgIpc) is 2.92. The molecule has 2 N–H and O–H groups in total. The molecule has 2 aromatic rings. The average molecular weight is 308 g/mol. The van der Waals surface area contributed by atoms with E-state index in [0.717, 1.165) is 5.56 Å². The number of sulfonamides is 1. The lowest BCUT2D eigenvalue weighted by Crippen LogP contribution is -2.36. The molecule has 21 heavy (non-hydrogen) atoms. The van der Waals surface area contributed by atoms with Crippen LogP contribution in [0.15, 0.2) is 52.0 Å². The van der Waals surface area contributed by atoms with E-state index >= 15 is 0 Å². The number of hydrogen-bond donors (Lipinski definition) is 1. The van der Waals surface area contributed by atoms with Crippen molar-refractivity contribution < 1.29 is 12.8 Å². The van der Waals surface area contributed by atoms with Crippen LogP contribution in [0.1, 0.15) is 11.3 Å². The number of benzene rings is 1. The molecular formula is C15H20N2O3S. The highest BCUT2D eigenvalue weighted by molar-refractivity contribution is 7.89. The molecular weight excluding hydrogens is 288 g/mol. The summed E-state index contributed by atoms with van der Waals surface area (Å²) < 4.78 is 31.7. The van der Waals surface area contributed by atoms with E-state index in [4.69, 9.17) is 10.2 Å². The molecule has 0 bridgehead atoms. The van der Waals surface area contributed by atoms with Gasteiger partial charge in [-0.25, -0.2) is 8.42 Å². The van der Waals surface area contributed by atoms with E-state index < -0.39 is 10.0 Å². The van der Waals surface area contributed by atoms with Gasteiger partial charge in [0.1, 0.15) is 5.76 Å². The van der Waals surface area contributed by atoms with Gasteiger partial charge < -0.3 is 10.2 Å². The zero-order valence-electron chi connectivity index (χ0n) is 12.0. The van der Waals surface area contributed by atoms with Crippen LogP contribution in [0.3, 0.4) is 0 Å². The van der Waals surface area contributed by atoms with E-state index in [9.17, 15) is 8.42 Å². The third kappa shape index (κ3) is 3.93. The SMILES string of the molecule is Cc1ccc(S(=O)(=O)N(CCN)CCc2ccccc2)o1. The lowest BCUT2D eigenvalue weighted by molar-refractivity contribution is 0.377. The van der Waals surface area contributed by atoms with Crippen LogP contribution in [0.5, 0.6) is 0 Å². The molecule has 0 radical (unpaired) electrons. The highest BCUT2D eigenvalue weighted by Crippen LogP contribution is 2.18. The number of aryl methyl sites for hydroxylation is 1. The molecule has 0 saturated heterocycles. The first-order chi connectivity index (χ1) is 10.0. The van der Waals surface area contributed by atoms with Crippen LogP contribution in [0.2, 0.25) is 0 Å². The molecule has 2 rings (SSSR count). The van der Waals surface area contributed by atoms with Crippen molar-refractivity contribution in [2.24, 2.45) is 5.73 Å². The molecule has 0 spiro atoms. The van der Waals surface area contributed by atoms with Crippen LogP contribution < -0.4 is 5.73 Å². The van der Waals surface area contributed by atoms with Crippen LogP contribution in [0.25, 0.3) is 0 Å². The minimum Gasteiger partial charge on any atom is -0.449 e. The summed E-state index contributed by atoms with van der Waals surface area (Å²) in [5.74, 6) is 0.573. The van der Waals surface area contributed by atoms with Crippen molar-refractivity contribution >= 4 is 10.0 Å².